The average Bonchev–Trinajstić information content (AvgIpc) is 3.58. The molecule has 0 aliphatic carbocycles. The number of hydrogen-bond acceptors (Lipinski definition) is 7. The minimum Gasteiger partial charge on any atom is -0.492 e. The maximum absolute atomic E-state index is 13.0. The molecule has 2 N–H and O–H groups in total. The molecule has 0 saturated carbocycles. The lowest BCUT2D eigenvalue weighted by molar-refractivity contribution is -0.114. The summed E-state index contributed by atoms with van der Waals surface area (Å²) < 4.78 is 17.4. The van der Waals surface area contributed by atoms with Crippen molar-refractivity contribution in [2.75, 3.05) is 50.9 Å². The summed E-state index contributed by atoms with van der Waals surface area (Å²) in [4.78, 5) is 28.4. The standard InChI is InChI=1S/C27H31N3O6.ClH/c31-25(8-5-17-34-18-15-29-13-3-4-14-29)30(26-20-22-6-1-2-7-24(22)36-26)16-19-35-23-11-9-21(10-12-23)27(32)28-33;/h1-2,5-12,20,33H,3-4,13-19H2,(H,28,32);1H/b8-5+;. The highest BCUT2D eigenvalue weighted by atomic mass is 35.5. The van der Waals surface area contributed by atoms with Crippen LogP contribution >= 0.6 is 12.4 Å². The number of likely N-dealkylation sites (tertiary alicyclic amines) is 1. The summed E-state index contributed by atoms with van der Waals surface area (Å²) in [5.41, 5.74) is 2.58. The van der Waals surface area contributed by atoms with E-state index < -0.39 is 5.91 Å². The molecule has 1 aliphatic heterocycles. The zero-order chi connectivity index (χ0) is 25.2. The first-order valence-electron chi connectivity index (χ1n) is 12.1. The number of anilines is 1. The van der Waals surface area contributed by atoms with Gasteiger partial charge in [0.25, 0.3) is 11.8 Å². The van der Waals surface area contributed by atoms with Crippen molar-refractivity contribution in [1.29, 1.82) is 0 Å². The molecule has 9 nitrogen and oxygen atoms in total. The van der Waals surface area contributed by atoms with E-state index in [1.165, 1.54) is 36.0 Å². The van der Waals surface area contributed by atoms with Gasteiger partial charge in [-0.15, -0.1) is 12.4 Å². The minimum absolute atomic E-state index is 0. The van der Waals surface area contributed by atoms with Gasteiger partial charge < -0.3 is 18.8 Å². The van der Waals surface area contributed by atoms with Gasteiger partial charge in [-0.05, 0) is 56.3 Å². The van der Waals surface area contributed by atoms with Crippen LogP contribution < -0.4 is 15.1 Å². The van der Waals surface area contributed by atoms with E-state index in [2.05, 4.69) is 4.90 Å². The van der Waals surface area contributed by atoms with Crippen molar-refractivity contribution >= 4 is 41.1 Å². The van der Waals surface area contributed by atoms with Gasteiger partial charge in [-0.2, -0.15) is 0 Å². The Bertz CT molecular complexity index is 1140. The molecule has 1 aromatic heterocycles. The van der Waals surface area contributed by atoms with Crippen molar-refractivity contribution in [3.8, 4) is 5.75 Å². The predicted molar refractivity (Wildman–Crippen MR) is 143 cm³/mol. The van der Waals surface area contributed by atoms with Crippen LogP contribution in [0.15, 0.2) is 71.2 Å². The molecule has 198 valence electrons. The van der Waals surface area contributed by atoms with Gasteiger partial charge in [-0.1, -0.05) is 24.3 Å². The molecule has 0 bridgehead atoms. The summed E-state index contributed by atoms with van der Waals surface area (Å²) in [6.45, 7) is 4.63. The Morgan fingerprint density at radius 1 is 1.08 bits per heavy atom. The van der Waals surface area contributed by atoms with Crippen molar-refractivity contribution in [3.63, 3.8) is 0 Å². The van der Waals surface area contributed by atoms with E-state index in [-0.39, 0.29) is 31.5 Å². The van der Waals surface area contributed by atoms with E-state index in [0.717, 1.165) is 25.0 Å². The largest absolute Gasteiger partial charge is 0.492 e. The monoisotopic (exact) mass is 529 g/mol. The predicted octanol–water partition coefficient (Wildman–Crippen LogP) is 4.05. The van der Waals surface area contributed by atoms with Gasteiger partial charge in [0.1, 0.15) is 17.9 Å². The van der Waals surface area contributed by atoms with Crippen LogP contribution in [0, 0.1) is 0 Å². The number of furan rings is 1. The Morgan fingerprint density at radius 3 is 2.57 bits per heavy atom. The molecule has 10 heteroatoms. The highest BCUT2D eigenvalue weighted by molar-refractivity contribution is 6.01. The third kappa shape index (κ3) is 8.06. The molecule has 4 rings (SSSR count). The first-order chi connectivity index (χ1) is 17.6. The fourth-order valence-corrected chi connectivity index (χ4v) is 4.04. The van der Waals surface area contributed by atoms with Crippen molar-refractivity contribution in [1.82, 2.24) is 10.4 Å². The van der Waals surface area contributed by atoms with Crippen LogP contribution in [0.5, 0.6) is 5.75 Å². The van der Waals surface area contributed by atoms with Crippen molar-refractivity contribution in [2.24, 2.45) is 0 Å². The highest BCUT2D eigenvalue weighted by Gasteiger charge is 2.18. The maximum Gasteiger partial charge on any atom is 0.274 e. The van der Waals surface area contributed by atoms with Crippen LogP contribution in [-0.4, -0.2) is 67.9 Å². The number of rotatable bonds is 12. The fourth-order valence-electron chi connectivity index (χ4n) is 4.04. The number of para-hydroxylation sites is 1. The van der Waals surface area contributed by atoms with E-state index in [1.54, 1.807) is 23.7 Å². The third-order valence-corrected chi connectivity index (χ3v) is 5.97. The summed E-state index contributed by atoms with van der Waals surface area (Å²) >= 11 is 0. The number of carbonyl (C=O) groups is 2. The first kappa shape index (κ1) is 28.2. The molecule has 1 aliphatic rings. The van der Waals surface area contributed by atoms with Gasteiger partial charge >= 0.3 is 0 Å². The fraction of sp³-hybridized carbons (Fsp3) is 0.333. The molecule has 2 aromatic carbocycles. The van der Waals surface area contributed by atoms with Gasteiger partial charge in [-0.25, -0.2) is 5.48 Å². The summed E-state index contributed by atoms with van der Waals surface area (Å²) in [5, 5.41) is 9.63. The summed E-state index contributed by atoms with van der Waals surface area (Å²) in [7, 11) is 0. The second kappa shape index (κ2) is 14.4. The van der Waals surface area contributed by atoms with Gasteiger partial charge in [0, 0.05) is 29.6 Å². The highest BCUT2D eigenvalue weighted by Crippen LogP contribution is 2.26. The van der Waals surface area contributed by atoms with Crippen LogP contribution in [-0.2, 0) is 9.53 Å². The summed E-state index contributed by atoms with van der Waals surface area (Å²) in [5.74, 6) is 0.119. The molecule has 0 spiro atoms. The molecular weight excluding hydrogens is 498 g/mol. The third-order valence-electron chi connectivity index (χ3n) is 5.97. The number of hydrogen-bond donors (Lipinski definition) is 2. The average molecular weight is 530 g/mol. The Balaban J connectivity index is 0.00000380. The Labute approximate surface area is 222 Å². The quantitative estimate of drug-likeness (QED) is 0.158. The Kier molecular flexibility index (Phi) is 11.0. The van der Waals surface area contributed by atoms with Gasteiger partial charge in [0.05, 0.1) is 19.8 Å². The van der Waals surface area contributed by atoms with E-state index in [0.29, 0.717) is 36.0 Å². The van der Waals surface area contributed by atoms with E-state index in [1.807, 2.05) is 30.3 Å². The van der Waals surface area contributed by atoms with Gasteiger partial charge in [0.15, 0.2) is 0 Å². The number of halogens is 1. The topological polar surface area (TPSA) is 104 Å². The Hall–Kier alpha value is -3.37. The minimum atomic E-state index is -0.602. The van der Waals surface area contributed by atoms with E-state index >= 15 is 0 Å². The van der Waals surface area contributed by atoms with Gasteiger partial charge in [-0.3, -0.25) is 19.7 Å². The van der Waals surface area contributed by atoms with Crippen LogP contribution in [0.1, 0.15) is 23.2 Å². The zero-order valence-corrected chi connectivity index (χ0v) is 21.3. The number of nitrogens with zero attached hydrogens (tertiary/aromatic N) is 2. The normalized spacial score (nSPS) is 13.5. The van der Waals surface area contributed by atoms with E-state index in [4.69, 9.17) is 19.1 Å². The number of nitrogens with one attached hydrogen (secondary N) is 1. The van der Waals surface area contributed by atoms with Crippen molar-refractivity contribution < 1.29 is 28.7 Å². The lowest BCUT2D eigenvalue weighted by Crippen LogP contribution is -2.33. The maximum atomic E-state index is 13.0. The summed E-state index contributed by atoms with van der Waals surface area (Å²) in [6, 6.07) is 15.7. The zero-order valence-electron chi connectivity index (χ0n) is 20.5. The first-order valence-corrected chi connectivity index (χ1v) is 12.1. The molecule has 0 radical (unpaired) electrons. The SMILES string of the molecule is Cl.O=C(NO)c1ccc(OCCN(C(=O)/C=C/COCCN2CCCC2)c2cc3ccccc3o2)cc1. The molecule has 0 unspecified atom stereocenters. The van der Waals surface area contributed by atoms with Crippen molar-refractivity contribution in [3.05, 3.63) is 72.3 Å². The second-order valence-electron chi connectivity index (χ2n) is 8.45. The number of amides is 2. The van der Waals surface area contributed by atoms with Crippen LogP contribution in [0.25, 0.3) is 11.0 Å². The Morgan fingerprint density at radius 2 is 1.84 bits per heavy atom. The smallest absolute Gasteiger partial charge is 0.274 e. The summed E-state index contributed by atoms with van der Waals surface area (Å²) in [6.07, 6.45) is 5.71. The van der Waals surface area contributed by atoms with Gasteiger partial charge in [0.2, 0.25) is 5.88 Å². The molecular formula is C27H32ClN3O6. The van der Waals surface area contributed by atoms with Crippen LogP contribution in [0.4, 0.5) is 5.88 Å². The lowest BCUT2D eigenvalue weighted by Gasteiger charge is -2.18. The molecule has 0 atom stereocenters. The van der Waals surface area contributed by atoms with Crippen molar-refractivity contribution in [2.45, 2.75) is 12.8 Å². The van der Waals surface area contributed by atoms with Crippen LogP contribution in [0.3, 0.4) is 0 Å². The molecule has 37 heavy (non-hydrogen) atoms. The number of carbonyl (C=O) groups excluding carboxylic acids is 2. The second-order valence-corrected chi connectivity index (χ2v) is 8.45. The number of ether oxygens (including phenoxy) is 2. The number of hydroxylamine groups is 1. The molecule has 1 saturated heterocycles. The number of benzene rings is 2. The molecule has 1 fully saturated rings. The molecule has 2 amide bonds. The lowest BCUT2D eigenvalue weighted by atomic mass is 10.2. The number of fused-ring (bicyclic) bond motifs is 1. The van der Waals surface area contributed by atoms with E-state index in [9.17, 15) is 9.59 Å². The molecule has 3 aromatic rings. The van der Waals surface area contributed by atoms with Crippen LogP contribution in [0.2, 0.25) is 0 Å². The molecule has 2 heterocycles.